The van der Waals surface area contributed by atoms with Gasteiger partial charge in [0.1, 0.15) is 13.2 Å². The Morgan fingerprint density at radius 2 is 1.11 bits per heavy atom. The van der Waals surface area contributed by atoms with E-state index in [1.165, 1.54) is 50.6 Å². The SMILES string of the molecule is C=CCOC(=O)Nc1cc(OCCCCCOc2cc(NC(=O)OCC=C)c(C(=O)N3CCC[C@H]3CO)cc2OC)c(OC)cc1C(=O)N1CCCC1CO. The van der Waals surface area contributed by atoms with E-state index in [2.05, 4.69) is 23.8 Å². The topological polar surface area (TPSA) is 195 Å². The Morgan fingerprint density at radius 1 is 0.691 bits per heavy atom. The van der Waals surface area contributed by atoms with E-state index in [-0.39, 0.29) is 86.0 Å². The zero-order valence-electron chi connectivity index (χ0n) is 31.5. The molecule has 0 aromatic heterocycles. The standard InChI is InChI=1S/C39H52N4O12/c1-5-16-54-38(48)40-30-22-34(32(50-3)20-28(30)36(46)42-14-10-12-26(42)24-44)52-18-8-7-9-19-53-35-23-31(41-39(49)55-17-6-2)29(21-33(35)51-4)37(47)43-15-11-13-27(43)25-45/h5-6,20-23,26-27,44-45H,1-2,7-19,24-25H2,3-4H3,(H,40,48)(H,41,49)/t26-,27?/m0/s1. The Labute approximate surface area is 320 Å². The van der Waals surface area contributed by atoms with Crippen LogP contribution in [-0.2, 0) is 9.47 Å². The number of nitrogens with zero attached hydrogens (tertiary/aromatic N) is 2. The third kappa shape index (κ3) is 11.3. The van der Waals surface area contributed by atoms with Gasteiger partial charge >= 0.3 is 12.2 Å². The maximum Gasteiger partial charge on any atom is 0.411 e. The number of hydrogen-bond donors (Lipinski definition) is 4. The molecule has 2 aromatic carbocycles. The van der Waals surface area contributed by atoms with Crippen molar-refractivity contribution < 1.29 is 57.8 Å². The van der Waals surface area contributed by atoms with Crippen LogP contribution in [-0.4, -0.2) is 123 Å². The summed E-state index contributed by atoms with van der Waals surface area (Å²) in [7, 11) is 2.90. The summed E-state index contributed by atoms with van der Waals surface area (Å²) in [6, 6.07) is 5.39. The smallest absolute Gasteiger partial charge is 0.411 e. The van der Waals surface area contributed by atoms with E-state index in [0.717, 1.165) is 12.8 Å². The molecule has 2 aliphatic rings. The van der Waals surface area contributed by atoms with Crippen LogP contribution in [0.1, 0.15) is 65.7 Å². The summed E-state index contributed by atoms with van der Waals surface area (Å²) in [6.07, 6.45) is 6.05. The molecule has 16 heteroatoms. The van der Waals surface area contributed by atoms with Gasteiger partial charge in [-0.25, -0.2) is 9.59 Å². The monoisotopic (exact) mass is 768 g/mol. The number of anilines is 2. The van der Waals surface area contributed by atoms with Gasteiger partial charge in [-0.2, -0.15) is 0 Å². The van der Waals surface area contributed by atoms with Crippen molar-refractivity contribution in [3.8, 4) is 23.0 Å². The van der Waals surface area contributed by atoms with E-state index >= 15 is 0 Å². The maximum absolute atomic E-state index is 13.6. The molecule has 2 fully saturated rings. The summed E-state index contributed by atoms with van der Waals surface area (Å²) in [5, 5.41) is 24.8. The summed E-state index contributed by atoms with van der Waals surface area (Å²) in [5.74, 6) is 0.464. The van der Waals surface area contributed by atoms with E-state index in [9.17, 15) is 29.4 Å². The molecule has 2 aliphatic heterocycles. The van der Waals surface area contributed by atoms with Crippen molar-refractivity contribution in [1.82, 2.24) is 9.80 Å². The number of amides is 4. The quantitative estimate of drug-likeness (QED) is 0.104. The van der Waals surface area contributed by atoms with Crippen molar-refractivity contribution in [2.75, 3.05) is 77.6 Å². The molecule has 4 rings (SSSR count). The number of likely N-dealkylation sites (tertiary alicyclic amines) is 2. The molecule has 4 amide bonds. The first kappa shape index (κ1) is 42.3. The minimum absolute atomic E-state index is 0.0256. The molecule has 55 heavy (non-hydrogen) atoms. The number of unbranched alkanes of at least 4 members (excludes halogenated alkanes) is 2. The van der Waals surface area contributed by atoms with Crippen molar-refractivity contribution in [2.45, 2.75) is 57.0 Å². The van der Waals surface area contributed by atoms with E-state index < -0.39 is 12.2 Å². The largest absolute Gasteiger partial charge is 0.493 e. The van der Waals surface area contributed by atoms with E-state index in [0.29, 0.717) is 68.2 Å². The van der Waals surface area contributed by atoms with Gasteiger partial charge in [-0.3, -0.25) is 20.2 Å². The first-order chi connectivity index (χ1) is 26.7. The van der Waals surface area contributed by atoms with Crippen LogP contribution in [0.3, 0.4) is 0 Å². The molecule has 0 saturated carbocycles. The van der Waals surface area contributed by atoms with Crippen LogP contribution in [0.25, 0.3) is 0 Å². The summed E-state index contributed by atoms with van der Waals surface area (Å²) < 4.78 is 33.3. The number of aliphatic hydroxyl groups excluding tert-OH is 2. The fraction of sp³-hybridized carbons (Fsp3) is 0.487. The van der Waals surface area contributed by atoms with Crippen molar-refractivity contribution in [3.05, 3.63) is 60.7 Å². The van der Waals surface area contributed by atoms with E-state index in [4.69, 9.17) is 28.4 Å². The molecule has 2 aromatic rings. The summed E-state index contributed by atoms with van der Waals surface area (Å²) in [6.45, 7) is 8.19. The third-order valence-corrected chi connectivity index (χ3v) is 9.21. The predicted octanol–water partition coefficient (Wildman–Crippen LogP) is 4.99. The molecule has 0 bridgehead atoms. The number of carbonyl (C=O) groups excluding carboxylic acids is 4. The van der Waals surface area contributed by atoms with Gasteiger partial charge in [-0.15, -0.1) is 0 Å². The summed E-state index contributed by atoms with van der Waals surface area (Å²) in [5.41, 5.74) is 0.681. The second-order valence-electron chi connectivity index (χ2n) is 12.8. The maximum atomic E-state index is 13.6. The molecule has 2 atom stereocenters. The highest BCUT2D eigenvalue weighted by Gasteiger charge is 2.33. The zero-order valence-corrected chi connectivity index (χ0v) is 31.5. The molecule has 1 unspecified atom stereocenters. The molecule has 16 nitrogen and oxygen atoms in total. The highest BCUT2D eigenvalue weighted by Crippen LogP contribution is 2.37. The van der Waals surface area contributed by atoms with Crippen LogP contribution < -0.4 is 29.6 Å². The highest BCUT2D eigenvalue weighted by atomic mass is 16.6. The second-order valence-corrected chi connectivity index (χ2v) is 12.8. The fourth-order valence-electron chi connectivity index (χ4n) is 6.43. The number of benzene rings is 2. The lowest BCUT2D eigenvalue weighted by Crippen LogP contribution is -2.38. The van der Waals surface area contributed by atoms with Gasteiger partial charge in [0.15, 0.2) is 23.0 Å². The number of aliphatic hydroxyl groups is 2. The molecule has 2 saturated heterocycles. The minimum atomic E-state index is -0.777. The van der Waals surface area contributed by atoms with Crippen molar-refractivity contribution >= 4 is 35.4 Å². The van der Waals surface area contributed by atoms with Gasteiger partial charge in [0.25, 0.3) is 11.8 Å². The Kier molecular flexibility index (Phi) is 16.5. The lowest BCUT2D eigenvalue weighted by Gasteiger charge is -2.25. The lowest BCUT2D eigenvalue weighted by atomic mass is 10.1. The Hall–Kier alpha value is -5.48. The molecular formula is C39H52N4O12. The molecule has 300 valence electrons. The third-order valence-electron chi connectivity index (χ3n) is 9.21. The molecule has 2 heterocycles. The van der Waals surface area contributed by atoms with Crippen LogP contribution in [0.5, 0.6) is 23.0 Å². The Bertz CT molecular complexity index is 1550. The first-order valence-electron chi connectivity index (χ1n) is 18.3. The molecule has 0 aliphatic carbocycles. The normalized spacial score (nSPS) is 16.2. The number of ether oxygens (including phenoxy) is 6. The van der Waals surface area contributed by atoms with Crippen LogP contribution in [0.2, 0.25) is 0 Å². The van der Waals surface area contributed by atoms with Gasteiger partial charge < -0.3 is 48.4 Å². The van der Waals surface area contributed by atoms with Gasteiger partial charge in [0.2, 0.25) is 0 Å². The minimum Gasteiger partial charge on any atom is -0.493 e. The van der Waals surface area contributed by atoms with Crippen LogP contribution >= 0.6 is 0 Å². The summed E-state index contributed by atoms with van der Waals surface area (Å²) in [4.78, 5) is 55.3. The zero-order chi connectivity index (χ0) is 39.7. The molecular weight excluding hydrogens is 716 g/mol. The van der Waals surface area contributed by atoms with Gasteiger partial charge in [-0.1, -0.05) is 25.3 Å². The van der Waals surface area contributed by atoms with Gasteiger partial charge in [-0.05, 0) is 57.1 Å². The van der Waals surface area contributed by atoms with Crippen molar-refractivity contribution in [2.24, 2.45) is 0 Å². The Balaban J connectivity index is 1.40. The summed E-state index contributed by atoms with van der Waals surface area (Å²) >= 11 is 0. The van der Waals surface area contributed by atoms with E-state index in [1.807, 2.05) is 0 Å². The van der Waals surface area contributed by atoms with Crippen molar-refractivity contribution in [1.29, 1.82) is 0 Å². The van der Waals surface area contributed by atoms with Crippen LogP contribution in [0.15, 0.2) is 49.6 Å². The Morgan fingerprint density at radius 3 is 1.47 bits per heavy atom. The number of nitrogens with one attached hydrogen (secondary N) is 2. The second kappa shape index (κ2) is 21.4. The van der Waals surface area contributed by atoms with Gasteiger partial charge in [0.05, 0.1) is 75.2 Å². The molecule has 0 radical (unpaired) electrons. The van der Waals surface area contributed by atoms with Gasteiger partial charge in [0, 0.05) is 25.2 Å². The highest BCUT2D eigenvalue weighted by molar-refractivity contribution is 6.04. The van der Waals surface area contributed by atoms with Crippen LogP contribution in [0, 0.1) is 0 Å². The number of methoxy groups -OCH3 is 2. The fourth-order valence-corrected chi connectivity index (χ4v) is 6.43. The number of hydrogen-bond acceptors (Lipinski definition) is 12. The van der Waals surface area contributed by atoms with E-state index in [1.54, 1.807) is 9.80 Å². The average Bonchev–Trinajstić information content (AvgIpc) is 3.88. The first-order valence-corrected chi connectivity index (χ1v) is 18.3. The number of carbonyl (C=O) groups is 4. The molecule has 0 spiro atoms. The average molecular weight is 769 g/mol. The van der Waals surface area contributed by atoms with Crippen molar-refractivity contribution in [3.63, 3.8) is 0 Å². The van der Waals surface area contributed by atoms with Crippen LogP contribution in [0.4, 0.5) is 21.0 Å². The number of rotatable bonds is 20. The predicted molar refractivity (Wildman–Crippen MR) is 203 cm³/mol. The lowest BCUT2D eigenvalue weighted by molar-refractivity contribution is 0.0672. The molecule has 4 N–H and O–H groups in total.